The van der Waals surface area contributed by atoms with Gasteiger partial charge >= 0.3 is 36.3 Å². The Hall–Kier alpha value is -9.10. The van der Waals surface area contributed by atoms with Crippen LogP contribution in [-0.4, -0.2) is 181 Å². The third-order valence-electron chi connectivity index (χ3n) is 14.0. The number of alkyl carbamates (subject to hydrolysis) is 1. The molecule has 4 aliphatic rings. The molecule has 0 aromatic rings. The number of nitrogens with two attached hydrogens (primary N) is 4. The number of nitrogens with zero attached hydrogens (tertiary/aromatic N) is 5. The van der Waals surface area contributed by atoms with Crippen molar-refractivity contribution in [1.29, 1.82) is 0 Å². The van der Waals surface area contributed by atoms with Gasteiger partial charge in [0.05, 0.1) is 24.2 Å². The van der Waals surface area contributed by atoms with Crippen molar-refractivity contribution in [1.82, 2.24) is 21.3 Å². The number of cyclic esters (lactones) is 4. The molecule has 14 N–H and O–H groups in total. The fourth-order valence-electron chi connectivity index (χ4n) is 9.68. The number of azide groups is 1. The van der Waals surface area contributed by atoms with Crippen molar-refractivity contribution in [2.24, 2.45) is 44.0 Å². The second-order valence-electron chi connectivity index (χ2n) is 20.8. The molecule has 0 spiro atoms. The number of ether oxygens (including phenoxy) is 8. The first kappa shape index (κ1) is 70.4. The number of carbonyl (C=O) groups excluding carboxylic acids is 9. The summed E-state index contributed by atoms with van der Waals surface area (Å²) >= 11 is 0. The molecule has 2 fully saturated rings. The van der Waals surface area contributed by atoms with Crippen LogP contribution < -0.4 is 44.2 Å². The maximum Gasteiger partial charge on any atom is 0.508 e. The lowest BCUT2D eigenvalue weighted by Gasteiger charge is -2.39. The first-order chi connectivity index (χ1) is 41.4. The Labute approximate surface area is 499 Å². The van der Waals surface area contributed by atoms with E-state index in [0.29, 0.717) is 70.8 Å². The molecule has 0 unspecified atom stereocenters. The highest BCUT2D eigenvalue weighted by atomic mass is 16.8. The smallest absolute Gasteiger partial charge is 0.479 e. The molecule has 0 aromatic heterocycles. The summed E-state index contributed by atoms with van der Waals surface area (Å²) < 4.78 is 42.9. The molecule has 34 nitrogen and oxygen atoms in total. The second kappa shape index (κ2) is 36.7. The fourth-order valence-corrected chi connectivity index (χ4v) is 9.68. The number of nitrogens with one attached hydrogen (secondary N) is 4. The summed E-state index contributed by atoms with van der Waals surface area (Å²) in [4.78, 5) is 149. The zero-order chi connectivity index (χ0) is 64.0. The molecule has 0 bridgehead atoms. The molecule has 0 aliphatic carbocycles. The highest BCUT2D eigenvalue weighted by Crippen LogP contribution is 2.33. The molecule has 4 heterocycles. The summed E-state index contributed by atoms with van der Waals surface area (Å²) in [5, 5.41) is 33.4. The maximum absolute atomic E-state index is 13.4. The van der Waals surface area contributed by atoms with Gasteiger partial charge in [-0.25, -0.2) is 34.0 Å². The number of guanidine groups is 2. The first-order valence-electron chi connectivity index (χ1n) is 28.6. The van der Waals surface area contributed by atoms with Crippen molar-refractivity contribution in [2.75, 3.05) is 32.8 Å². The maximum atomic E-state index is 13.4. The minimum absolute atomic E-state index is 0.00106. The molecule has 4 amide bonds. The Bertz CT molecular complexity index is 2620. The summed E-state index contributed by atoms with van der Waals surface area (Å²) in [6.07, 6.45) is -2.75. The van der Waals surface area contributed by atoms with Crippen LogP contribution in [0.25, 0.3) is 10.4 Å². The summed E-state index contributed by atoms with van der Waals surface area (Å²) in [5.41, 5.74) is 30.8. The molecule has 0 radical (unpaired) electrons. The number of aliphatic imine (C=N–C) groups is 2. The van der Waals surface area contributed by atoms with Crippen molar-refractivity contribution >= 4 is 77.5 Å². The number of esters is 1. The number of hydrogen-bond acceptors (Lipinski definition) is 22. The van der Waals surface area contributed by atoms with Gasteiger partial charge in [0.1, 0.15) is 25.1 Å². The molecule has 87 heavy (non-hydrogen) atoms. The number of unbranched alkanes of at least 4 members (excludes halogenated alkanes) is 8. The van der Waals surface area contributed by atoms with E-state index in [2.05, 4.69) is 41.3 Å². The van der Waals surface area contributed by atoms with Gasteiger partial charge in [-0.2, -0.15) is 0 Å². The third-order valence-corrected chi connectivity index (χ3v) is 14.0. The van der Waals surface area contributed by atoms with Crippen LogP contribution in [0.15, 0.2) is 38.8 Å². The van der Waals surface area contributed by atoms with Crippen LogP contribution in [0.3, 0.4) is 0 Å². The number of carbonyl (C=O) groups is 11. The van der Waals surface area contributed by atoms with Gasteiger partial charge in [0.15, 0.2) is 48.2 Å². The molecule has 4 aliphatic heterocycles. The van der Waals surface area contributed by atoms with Crippen LogP contribution >= 0.6 is 0 Å². The Morgan fingerprint density at radius 1 is 0.655 bits per heavy atom. The van der Waals surface area contributed by atoms with E-state index in [-0.39, 0.29) is 82.8 Å². The number of carboxylic acid groups (broad SMARTS) is 2. The van der Waals surface area contributed by atoms with Crippen molar-refractivity contribution in [2.45, 2.75) is 190 Å². The number of aliphatic carboxylic acids is 2. The quantitative estimate of drug-likeness (QED) is 0.00606. The molecular formula is C53H79N13O21. The number of ketones is 2. The van der Waals surface area contributed by atoms with Crippen LogP contribution in [0.1, 0.15) is 129 Å². The van der Waals surface area contributed by atoms with Gasteiger partial charge in [0.2, 0.25) is 29.2 Å². The Morgan fingerprint density at radius 3 is 1.76 bits per heavy atom. The first-order valence-corrected chi connectivity index (χ1v) is 28.6. The lowest BCUT2D eigenvalue weighted by Crippen LogP contribution is -2.61. The standard InChI is InChI=1S/C53H79N13O21/c1-28-32(64-49(54)55)24-35(47(73)74)82-43(28)44(37-26-80-52(78)84-37)86-41(72)16-10-6-4-7-11-21-59-39(70)20-19-34(69)31(63-40(71)15-13-23-61-66-58)18-17-30(68)14-9-5-3-8-12-22-60-51(77)87-45(38-27-81-53(79)85-38)46-42(62-29(2)67)33(65-50(56)57)25-36(83-46)48(75)76/h24-25,28,31-33,37-38,42-46H,3-23,26-27H2,1-2H3,(H,59,70)(H,60,77)(H,62,67)(H,63,71)(H,73,74)(H,75,76)(H4,54,55,64)(H4,56,57,65)/t28-,31-,32+,33+,37-,38-,42-,43-,44-,45-,46-/m1/s1. The van der Waals surface area contributed by atoms with Gasteiger partial charge in [-0.05, 0) is 56.2 Å². The summed E-state index contributed by atoms with van der Waals surface area (Å²) in [5.74, 6) is -8.15. The number of Topliss-reactive ketones (excluding diaryl/α,β-unsaturated/α-hetero) is 2. The van der Waals surface area contributed by atoms with E-state index in [0.717, 1.165) is 6.08 Å². The minimum atomic E-state index is -1.53. The molecule has 482 valence electrons. The molecule has 34 heteroatoms. The van der Waals surface area contributed by atoms with Crippen LogP contribution in [0.4, 0.5) is 14.4 Å². The summed E-state index contributed by atoms with van der Waals surface area (Å²) in [7, 11) is 0. The van der Waals surface area contributed by atoms with Crippen molar-refractivity contribution < 1.29 is 101 Å². The summed E-state index contributed by atoms with van der Waals surface area (Å²) in [6.45, 7) is 2.64. The third kappa shape index (κ3) is 25.2. The molecular weight excluding hydrogens is 1150 g/mol. The highest BCUT2D eigenvalue weighted by molar-refractivity contribution is 5.92. The van der Waals surface area contributed by atoms with E-state index in [1.165, 1.54) is 13.0 Å². The van der Waals surface area contributed by atoms with Crippen molar-refractivity contribution in [3.63, 3.8) is 0 Å². The van der Waals surface area contributed by atoms with Gasteiger partial charge in [-0.3, -0.25) is 28.8 Å². The fraction of sp³-hybridized carbons (Fsp3) is 0.679. The SMILES string of the molecule is CC(=O)N[C@H]1[C@H]([C@H](OC(=O)NCCCCCCCC(=O)CC[C@@H](NC(=O)CCCN=[N+]=[N-])C(=O)CCC(=O)NCCCCCCCC(=O)O[C@@H]([C@@H]2OC(C(=O)O)=C[C@H](N=C(N)N)[C@H]2C)[C@H]2COC(=O)O2)[C@H]2COC(=O)O2)OC(C(=O)O)=C[C@@H]1N=C(N)N. The molecule has 0 aromatic carbocycles. The Balaban J connectivity index is 1.15. The number of rotatable bonds is 39. The molecule has 11 atom stereocenters. The lowest BCUT2D eigenvalue weighted by molar-refractivity contribution is -0.171. The second-order valence-corrected chi connectivity index (χ2v) is 20.8. The van der Waals surface area contributed by atoms with Gasteiger partial charge in [-0.15, -0.1) is 0 Å². The van der Waals surface area contributed by atoms with Crippen LogP contribution in [0, 0.1) is 5.92 Å². The van der Waals surface area contributed by atoms with Crippen LogP contribution in [0.5, 0.6) is 0 Å². The topological polar surface area (TPSA) is 528 Å². The van der Waals surface area contributed by atoms with E-state index in [1.54, 1.807) is 6.92 Å². The van der Waals surface area contributed by atoms with Gasteiger partial charge in [0, 0.05) is 75.9 Å². The number of hydrogen-bond donors (Lipinski definition) is 10. The Morgan fingerprint density at radius 2 is 1.20 bits per heavy atom. The van der Waals surface area contributed by atoms with Gasteiger partial charge in [0.25, 0.3) is 0 Å². The van der Waals surface area contributed by atoms with Gasteiger partial charge in [-0.1, -0.05) is 50.6 Å². The van der Waals surface area contributed by atoms with Gasteiger partial charge < -0.3 is 92.3 Å². The molecule has 2 saturated heterocycles. The van der Waals surface area contributed by atoms with Crippen molar-refractivity contribution in [3.05, 3.63) is 34.1 Å². The van der Waals surface area contributed by atoms with E-state index in [9.17, 15) is 63.0 Å². The van der Waals surface area contributed by atoms with E-state index in [4.69, 9.17) is 66.4 Å². The minimum Gasteiger partial charge on any atom is -0.479 e. The van der Waals surface area contributed by atoms with E-state index < -0.39 is 151 Å². The molecule has 0 saturated carbocycles. The zero-order valence-corrected chi connectivity index (χ0v) is 48.5. The summed E-state index contributed by atoms with van der Waals surface area (Å²) in [6, 6.07) is -4.31. The predicted octanol–water partition coefficient (Wildman–Crippen LogP) is 1.29. The average Bonchev–Trinajstić information content (AvgIpc) is 2.26. The van der Waals surface area contributed by atoms with Crippen LogP contribution in [-0.2, 0) is 76.3 Å². The van der Waals surface area contributed by atoms with E-state index in [1.807, 2.05) is 0 Å². The lowest BCUT2D eigenvalue weighted by atomic mass is 9.87. The van der Waals surface area contributed by atoms with Crippen molar-refractivity contribution in [3.8, 4) is 0 Å². The molecule has 4 rings (SSSR count). The number of carboxylic acids is 2. The number of amides is 4. The highest BCUT2D eigenvalue weighted by Gasteiger charge is 2.51. The zero-order valence-electron chi connectivity index (χ0n) is 48.5. The normalized spacial score (nSPS) is 22.0. The average molecular weight is 1230 g/mol. The Kier molecular flexibility index (Phi) is 29.7. The monoisotopic (exact) mass is 1230 g/mol. The van der Waals surface area contributed by atoms with Crippen LogP contribution in [0.2, 0.25) is 0 Å². The predicted molar refractivity (Wildman–Crippen MR) is 300 cm³/mol. The van der Waals surface area contributed by atoms with E-state index >= 15 is 0 Å². The largest absolute Gasteiger partial charge is 0.508 e.